The van der Waals surface area contributed by atoms with Crippen LogP contribution in [0, 0.1) is 13.8 Å². The summed E-state index contributed by atoms with van der Waals surface area (Å²) < 4.78 is 0. The summed E-state index contributed by atoms with van der Waals surface area (Å²) in [5, 5.41) is 1.19. The molecule has 2 aromatic rings. The third-order valence-electron chi connectivity index (χ3n) is 3.15. The molecule has 4 heteroatoms. The Kier molecular flexibility index (Phi) is 6.79. The zero-order valence-electron chi connectivity index (χ0n) is 13.0. The van der Waals surface area contributed by atoms with Crippen LogP contribution in [-0.2, 0) is 0 Å². The molecule has 22 heavy (non-hydrogen) atoms. The number of carbonyl (C=O) groups excluding carboxylic acids is 2. The monoisotopic (exact) mass is 336 g/mol. The predicted molar refractivity (Wildman–Crippen MR) is 92.4 cm³/mol. The Balaban J connectivity index is 0.000000220. The van der Waals surface area contributed by atoms with E-state index < -0.39 is 0 Å². The highest BCUT2D eigenvalue weighted by atomic mass is 35.5. The van der Waals surface area contributed by atoms with E-state index in [1.54, 1.807) is 18.2 Å². The molecule has 0 unspecified atom stereocenters. The quantitative estimate of drug-likeness (QED) is 0.659. The number of hydrogen-bond donors (Lipinski definition) is 0. The van der Waals surface area contributed by atoms with Crippen molar-refractivity contribution in [2.45, 2.75) is 27.7 Å². The second kappa shape index (κ2) is 8.11. The van der Waals surface area contributed by atoms with Crippen LogP contribution in [0.15, 0.2) is 36.4 Å². The first-order valence-corrected chi connectivity index (χ1v) is 7.52. The van der Waals surface area contributed by atoms with Crippen LogP contribution in [0.1, 0.15) is 45.7 Å². The fourth-order valence-corrected chi connectivity index (χ4v) is 2.43. The first-order valence-electron chi connectivity index (χ1n) is 6.77. The van der Waals surface area contributed by atoms with Crippen molar-refractivity contribution in [3.63, 3.8) is 0 Å². The summed E-state index contributed by atoms with van der Waals surface area (Å²) in [6.45, 7) is 6.84. The smallest absolute Gasteiger partial charge is 0.161 e. The highest BCUT2D eigenvalue weighted by Gasteiger charge is 2.06. The third-order valence-corrected chi connectivity index (χ3v) is 3.87. The first kappa shape index (κ1) is 18.4. The molecule has 0 fully saturated rings. The minimum absolute atomic E-state index is 0.0214. The minimum atomic E-state index is 0.0214. The summed E-state index contributed by atoms with van der Waals surface area (Å²) in [5.41, 5.74) is 3.23. The lowest BCUT2D eigenvalue weighted by molar-refractivity contribution is 0.100. The van der Waals surface area contributed by atoms with E-state index in [1.807, 2.05) is 32.0 Å². The van der Waals surface area contributed by atoms with Crippen molar-refractivity contribution in [3.8, 4) is 0 Å². The van der Waals surface area contributed by atoms with Crippen LogP contribution < -0.4 is 0 Å². The normalized spacial score (nSPS) is 9.73. The number of benzene rings is 2. The summed E-state index contributed by atoms with van der Waals surface area (Å²) in [7, 11) is 0. The van der Waals surface area contributed by atoms with Crippen molar-refractivity contribution in [1.29, 1.82) is 0 Å². The van der Waals surface area contributed by atoms with Gasteiger partial charge in [-0.05, 0) is 51.0 Å². The van der Waals surface area contributed by atoms with E-state index in [9.17, 15) is 9.59 Å². The summed E-state index contributed by atoms with van der Waals surface area (Å²) in [6, 6.07) is 10.8. The van der Waals surface area contributed by atoms with Crippen LogP contribution in [0.25, 0.3) is 0 Å². The fraction of sp³-hybridized carbons (Fsp3) is 0.222. The molecule has 0 aliphatic carbocycles. The average molecular weight is 337 g/mol. The molecule has 0 aliphatic rings. The zero-order valence-corrected chi connectivity index (χ0v) is 14.5. The van der Waals surface area contributed by atoms with Gasteiger partial charge in [-0.3, -0.25) is 9.59 Å². The van der Waals surface area contributed by atoms with Gasteiger partial charge in [0.15, 0.2) is 11.6 Å². The van der Waals surface area contributed by atoms with Crippen molar-refractivity contribution in [3.05, 3.63) is 68.7 Å². The number of aryl methyl sites for hydroxylation is 2. The second-order valence-corrected chi connectivity index (χ2v) is 5.82. The predicted octanol–water partition coefficient (Wildman–Crippen LogP) is 5.70. The van der Waals surface area contributed by atoms with Crippen LogP contribution in [-0.4, -0.2) is 11.6 Å². The Morgan fingerprint density at radius 3 is 1.86 bits per heavy atom. The number of hydrogen-bond acceptors (Lipinski definition) is 2. The van der Waals surface area contributed by atoms with Crippen molar-refractivity contribution in [1.82, 2.24) is 0 Å². The Morgan fingerprint density at radius 1 is 0.818 bits per heavy atom. The van der Waals surface area contributed by atoms with Crippen LogP contribution in [0.5, 0.6) is 0 Å². The molecule has 0 spiro atoms. The maximum absolute atomic E-state index is 11.0. The van der Waals surface area contributed by atoms with Crippen molar-refractivity contribution in [2.24, 2.45) is 0 Å². The maximum atomic E-state index is 11.0. The van der Waals surface area contributed by atoms with Gasteiger partial charge in [-0.15, -0.1) is 0 Å². The van der Waals surface area contributed by atoms with E-state index in [0.29, 0.717) is 21.2 Å². The SMILES string of the molecule is CC(=O)c1c(C)cccc1Cl.CC(=O)c1ccc(C)c(Cl)c1. The van der Waals surface area contributed by atoms with Crippen molar-refractivity contribution < 1.29 is 9.59 Å². The van der Waals surface area contributed by atoms with E-state index >= 15 is 0 Å². The molecule has 0 atom stereocenters. The molecule has 2 rings (SSSR count). The van der Waals surface area contributed by atoms with Crippen LogP contribution in [0.3, 0.4) is 0 Å². The maximum Gasteiger partial charge on any atom is 0.161 e. The average Bonchev–Trinajstić information content (AvgIpc) is 2.41. The van der Waals surface area contributed by atoms with E-state index in [1.165, 1.54) is 13.8 Å². The van der Waals surface area contributed by atoms with E-state index in [-0.39, 0.29) is 11.6 Å². The van der Waals surface area contributed by atoms with Gasteiger partial charge in [0.05, 0.1) is 5.02 Å². The summed E-state index contributed by atoms with van der Waals surface area (Å²) in [5.74, 6) is 0.0694. The Morgan fingerprint density at radius 2 is 1.45 bits per heavy atom. The van der Waals surface area contributed by atoms with Crippen molar-refractivity contribution in [2.75, 3.05) is 0 Å². The first-order chi connectivity index (χ1) is 10.2. The molecule has 0 bridgehead atoms. The third kappa shape index (κ3) is 4.97. The van der Waals surface area contributed by atoms with Gasteiger partial charge < -0.3 is 0 Å². The largest absolute Gasteiger partial charge is 0.295 e. The van der Waals surface area contributed by atoms with E-state index in [4.69, 9.17) is 23.2 Å². The zero-order chi connectivity index (χ0) is 16.9. The van der Waals surface area contributed by atoms with Gasteiger partial charge in [0.25, 0.3) is 0 Å². The highest BCUT2D eigenvalue weighted by Crippen LogP contribution is 2.19. The van der Waals surface area contributed by atoms with Gasteiger partial charge in [-0.1, -0.05) is 47.5 Å². The molecule has 0 saturated heterocycles. The van der Waals surface area contributed by atoms with Gasteiger partial charge in [-0.25, -0.2) is 0 Å². The van der Waals surface area contributed by atoms with E-state index in [0.717, 1.165) is 11.1 Å². The summed E-state index contributed by atoms with van der Waals surface area (Å²) in [6.07, 6.45) is 0. The molecule has 0 saturated carbocycles. The molecular formula is C18H18Cl2O2. The summed E-state index contributed by atoms with van der Waals surface area (Å²) in [4.78, 5) is 21.9. The van der Waals surface area contributed by atoms with Crippen LogP contribution >= 0.6 is 23.2 Å². The number of Topliss-reactive ketones (excluding diaryl/α,β-unsaturated/α-hetero) is 2. The molecule has 0 amide bonds. The van der Waals surface area contributed by atoms with Gasteiger partial charge in [0, 0.05) is 16.1 Å². The Bertz CT molecular complexity index is 686. The number of ketones is 2. The van der Waals surface area contributed by atoms with Crippen LogP contribution in [0.2, 0.25) is 10.0 Å². The number of halogens is 2. The highest BCUT2D eigenvalue weighted by molar-refractivity contribution is 6.34. The van der Waals surface area contributed by atoms with Gasteiger partial charge in [-0.2, -0.15) is 0 Å². The Labute approximate surface area is 141 Å². The molecule has 2 aromatic carbocycles. The molecule has 0 aromatic heterocycles. The Hall–Kier alpha value is -1.64. The fourth-order valence-electron chi connectivity index (χ4n) is 1.89. The lowest BCUT2D eigenvalue weighted by Crippen LogP contribution is -1.96. The molecule has 0 heterocycles. The lowest BCUT2D eigenvalue weighted by Gasteiger charge is -2.02. The van der Waals surface area contributed by atoms with Gasteiger partial charge in [0.1, 0.15) is 0 Å². The molecule has 2 nitrogen and oxygen atoms in total. The molecule has 0 aliphatic heterocycles. The minimum Gasteiger partial charge on any atom is -0.295 e. The molecule has 0 N–H and O–H groups in total. The molecule has 116 valence electrons. The topological polar surface area (TPSA) is 34.1 Å². The van der Waals surface area contributed by atoms with Gasteiger partial charge in [0.2, 0.25) is 0 Å². The van der Waals surface area contributed by atoms with Crippen molar-refractivity contribution >= 4 is 34.8 Å². The molecular weight excluding hydrogens is 319 g/mol. The number of carbonyl (C=O) groups is 2. The van der Waals surface area contributed by atoms with Gasteiger partial charge >= 0.3 is 0 Å². The second-order valence-electron chi connectivity index (χ2n) is 5.01. The number of rotatable bonds is 2. The van der Waals surface area contributed by atoms with E-state index in [2.05, 4.69) is 0 Å². The van der Waals surface area contributed by atoms with Crippen LogP contribution in [0.4, 0.5) is 0 Å². The molecule has 0 radical (unpaired) electrons. The summed E-state index contributed by atoms with van der Waals surface area (Å²) >= 11 is 11.6. The lowest BCUT2D eigenvalue weighted by atomic mass is 10.1. The standard InChI is InChI=1S/2C9H9ClO/c1-6-3-4-8(7(2)11)5-9(6)10;1-6-4-3-5-8(10)9(6)7(2)11/h2*3-5H,1-2H3.